The zero-order chi connectivity index (χ0) is 25.7. The Bertz CT molecular complexity index is 1560. The Hall–Kier alpha value is -4.35. The third-order valence-electron chi connectivity index (χ3n) is 5.01. The van der Waals surface area contributed by atoms with Crippen molar-refractivity contribution in [1.29, 1.82) is 0 Å². The molecule has 12 heteroatoms. The van der Waals surface area contributed by atoms with Crippen molar-refractivity contribution >= 4 is 33.4 Å². The summed E-state index contributed by atoms with van der Waals surface area (Å²) in [5.74, 6) is -1.61. The average Bonchev–Trinajstić information content (AvgIpc) is 2.88. The standard InChI is InChI=1S/C24H18ClN5O5S/c25-18-8-11-20(27-14-18)36(34,35)29-24(33)22(16-4-2-1-3-5-16)28-23(32)17-6-9-19(10-7-17)30-13-12-26-15-21(30)31/h1-15,22H,(H,28,32)(H,29,33). The highest BCUT2D eigenvalue weighted by molar-refractivity contribution is 7.90. The number of benzene rings is 2. The van der Waals surface area contributed by atoms with Gasteiger partial charge >= 0.3 is 0 Å². The number of rotatable bonds is 7. The number of aromatic nitrogens is 3. The minimum Gasteiger partial charge on any atom is -0.336 e. The highest BCUT2D eigenvalue weighted by Gasteiger charge is 2.28. The molecule has 1 atom stereocenters. The first-order valence-electron chi connectivity index (χ1n) is 10.4. The van der Waals surface area contributed by atoms with E-state index in [2.05, 4.69) is 15.3 Å². The second kappa shape index (κ2) is 10.5. The Balaban J connectivity index is 1.57. The number of nitrogens with one attached hydrogen (secondary N) is 2. The lowest BCUT2D eigenvalue weighted by molar-refractivity contribution is -0.121. The van der Waals surface area contributed by atoms with Gasteiger partial charge in [-0.05, 0) is 42.0 Å². The van der Waals surface area contributed by atoms with Crippen LogP contribution in [0.15, 0.2) is 101 Å². The van der Waals surface area contributed by atoms with Crippen molar-refractivity contribution in [2.75, 3.05) is 0 Å². The first-order chi connectivity index (χ1) is 17.2. The van der Waals surface area contributed by atoms with Crippen LogP contribution in [0.25, 0.3) is 5.69 Å². The predicted octanol–water partition coefficient (Wildman–Crippen LogP) is 2.26. The van der Waals surface area contributed by atoms with E-state index in [1.54, 1.807) is 42.5 Å². The summed E-state index contributed by atoms with van der Waals surface area (Å²) in [6, 6.07) is 15.4. The van der Waals surface area contributed by atoms with Crippen LogP contribution < -0.4 is 15.6 Å². The van der Waals surface area contributed by atoms with Gasteiger partial charge in [0.25, 0.3) is 27.4 Å². The highest BCUT2D eigenvalue weighted by Crippen LogP contribution is 2.17. The van der Waals surface area contributed by atoms with Crippen LogP contribution in [-0.2, 0) is 14.8 Å². The van der Waals surface area contributed by atoms with Crippen molar-refractivity contribution in [3.05, 3.63) is 118 Å². The van der Waals surface area contributed by atoms with Crippen molar-refractivity contribution in [3.8, 4) is 5.69 Å². The monoisotopic (exact) mass is 523 g/mol. The Morgan fingerprint density at radius 1 is 0.944 bits per heavy atom. The van der Waals surface area contributed by atoms with Crippen LogP contribution in [0.4, 0.5) is 0 Å². The zero-order valence-electron chi connectivity index (χ0n) is 18.4. The molecule has 0 fully saturated rings. The zero-order valence-corrected chi connectivity index (χ0v) is 20.0. The van der Waals surface area contributed by atoms with Crippen LogP contribution in [0.2, 0.25) is 5.02 Å². The molecule has 36 heavy (non-hydrogen) atoms. The number of carbonyl (C=O) groups is 2. The summed E-state index contributed by atoms with van der Waals surface area (Å²) in [6.07, 6.45) is 5.25. The lowest BCUT2D eigenvalue weighted by Gasteiger charge is -2.19. The van der Waals surface area contributed by atoms with Crippen LogP contribution in [0.3, 0.4) is 0 Å². The van der Waals surface area contributed by atoms with Gasteiger partial charge in [-0.1, -0.05) is 41.9 Å². The highest BCUT2D eigenvalue weighted by atomic mass is 35.5. The molecule has 0 saturated carbocycles. The number of amides is 2. The summed E-state index contributed by atoms with van der Waals surface area (Å²) in [5, 5.41) is 2.40. The summed E-state index contributed by atoms with van der Waals surface area (Å²) in [4.78, 5) is 45.5. The molecule has 0 saturated heterocycles. The summed E-state index contributed by atoms with van der Waals surface area (Å²) in [5.41, 5.74) is 0.726. The molecule has 0 spiro atoms. The van der Waals surface area contributed by atoms with Gasteiger partial charge in [0, 0.05) is 29.8 Å². The third-order valence-corrected chi connectivity index (χ3v) is 6.50. The largest absolute Gasteiger partial charge is 0.336 e. The van der Waals surface area contributed by atoms with Gasteiger partial charge in [0.15, 0.2) is 5.03 Å². The topological polar surface area (TPSA) is 140 Å². The van der Waals surface area contributed by atoms with Crippen LogP contribution in [0.5, 0.6) is 0 Å². The molecule has 4 rings (SSSR count). The number of carbonyl (C=O) groups excluding carboxylic acids is 2. The molecule has 182 valence electrons. The van der Waals surface area contributed by atoms with Gasteiger partial charge in [-0.2, -0.15) is 8.42 Å². The number of nitrogens with zero attached hydrogens (tertiary/aromatic N) is 3. The average molecular weight is 524 g/mol. The minimum atomic E-state index is -4.33. The van der Waals surface area contributed by atoms with Crippen LogP contribution in [0, 0.1) is 0 Å². The van der Waals surface area contributed by atoms with Gasteiger partial charge in [-0.15, -0.1) is 0 Å². The molecule has 2 aromatic carbocycles. The van der Waals surface area contributed by atoms with Crippen molar-refractivity contribution in [2.45, 2.75) is 11.1 Å². The fourth-order valence-corrected chi connectivity index (χ4v) is 4.30. The molecular formula is C24H18ClN5O5S. The SMILES string of the molecule is O=C(NC(C(=O)NS(=O)(=O)c1ccc(Cl)cn1)c1ccccc1)c1ccc(-n2ccncc2=O)cc1. The van der Waals surface area contributed by atoms with E-state index in [-0.39, 0.29) is 16.1 Å². The molecule has 0 aliphatic heterocycles. The van der Waals surface area contributed by atoms with E-state index >= 15 is 0 Å². The molecule has 2 amide bonds. The second-order valence-electron chi connectivity index (χ2n) is 7.43. The normalized spacial score (nSPS) is 11.9. The Morgan fingerprint density at radius 3 is 2.31 bits per heavy atom. The molecule has 2 N–H and O–H groups in total. The molecule has 0 aliphatic rings. The summed E-state index contributed by atoms with van der Waals surface area (Å²) < 4.78 is 28.6. The van der Waals surface area contributed by atoms with E-state index in [1.165, 1.54) is 35.2 Å². The smallest absolute Gasteiger partial charge is 0.281 e. The summed E-state index contributed by atoms with van der Waals surface area (Å²) in [6.45, 7) is 0. The quantitative estimate of drug-likeness (QED) is 0.378. The van der Waals surface area contributed by atoms with E-state index in [1.807, 2.05) is 4.72 Å². The molecule has 4 aromatic rings. The van der Waals surface area contributed by atoms with Gasteiger partial charge in [0.2, 0.25) is 0 Å². The summed E-state index contributed by atoms with van der Waals surface area (Å²) >= 11 is 5.75. The van der Waals surface area contributed by atoms with E-state index in [9.17, 15) is 22.8 Å². The van der Waals surface area contributed by atoms with Crippen LogP contribution in [0.1, 0.15) is 22.0 Å². The number of sulfonamides is 1. The first kappa shape index (κ1) is 24.8. The van der Waals surface area contributed by atoms with Gasteiger partial charge in [-0.3, -0.25) is 23.9 Å². The molecular weight excluding hydrogens is 506 g/mol. The minimum absolute atomic E-state index is 0.191. The van der Waals surface area contributed by atoms with Crippen molar-refractivity contribution in [2.24, 2.45) is 0 Å². The molecule has 2 heterocycles. The van der Waals surface area contributed by atoms with E-state index in [4.69, 9.17) is 11.6 Å². The maximum atomic E-state index is 13.0. The molecule has 1 unspecified atom stereocenters. The molecule has 0 radical (unpaired) electrons. The van der Waals surface area contributed by atoms with E-state index in [0.29, 0.717) is 11.3 Å². The second-order valence-corrected chi connectivity index (χ2v) is 9.50. The molecule has 2 aromatic heterocycles. The predicted molar refractivity (Wildman–Crippen MR) is 131 cm³/mol. The van der Waals surface area contributed by atoms with Crippen LogP contribution in [-0.4, -0.2) is 34.8 Å². The Kier molecular flexibility index (Phi) is 7.23. The van der Waals surface area contributed by atoms with E-state index in [0.717, 1.165) is 18.5 Å². The van der Waals surface area contributed by atoms with Gasteiger partial charge in [0.1, 0.15) is 6.04 Å². The lowest BCUT2D eigenvalue weighted by atomic mass is 10.1. The fourth-order valence-electron chi connectivity index (χ4n) is 3.26. The molecule has 0 bridgehead atoms. The van der Waals surface area contributed by atoms with Crippen molar-refractivity contribution < 1.29 is 18.0 Å². The first-order valence-corrected chi connectivity index (χ1v) is 12.3. The van der Waals surface area contributed by atoms with Crippen molar-refractivity contribution in [3.63, 3.8) is 0 Å². The van der Waals surface area contributed by atoms with E-state index < -0.39 is 32.9 Å². The maximum Gasteiger partial charge on any atom is 0.281 e. The number of pyridine rings is 1. The molecule has 10 nitrogen and oxygen atoms in total. The number of hydrogen-bond acceptors (Lipinski definition) is 7. The molecule has 0 aliphatic carbocycles. The summed E-state index contributed by atoms with van der Waals surface area (Å²) in [7, 11) is -4.33. The van der Waals surface area contributed by atoms with Gasteiger partial charge in [0.05, 0.1) is 11.2 Å². The van der Waals surface area contributed by atoms with Crippen molar-refractivity contribution in [1.82, 2.24) is 24.6 Å². The number of halogens is 1. The maximum absolute atomic E-state index is 13.0. The Morgan fingerprint density at radius 2 is 1.67 bits per heavy atom. The van der Waals surface area contributed by atoms with Gasteiger partial charge < -0.3 is 5.32 Å². The lowest BCUT2D eigenvalue weighted by Crippen LogP contribution is -2.42. The van der Waals surface area contributed by atoms with Crippen LogP contribution >= 0.6 is 11.6 Å². The Labute approximate surface area is 210 Å². The van der Waals surface area contributed by atoms with Gasteiger partial charge in [-0.25, -0.2) is 9.71 Å². The number of hydrogen-bond donors (Lipinski definition) is 2. The third kappa shape index (κ3) is 5.65. The fraction of sp³-hybridized carbons (Fsp3) is 0.0417.